The minimum Gasteiger partial charge on any atom is -0.479 e. The first-order valence-corrected chi connectivity index (χ1v) is 19.5. The number of esters is 2. The van der Waals surface area contributed by atoms with Crippen molar-refractivity contribution in [2.45, 2.75) is 185 Å². The number of carboxylic acids is 1. The number of ether oxygens (including phenoxy) is 4. The molecule has 4 N–H and O–H groups in total. The highest BCUT2D eigenvalue weighted by atomic mass is 16.7. The molecule has 0 aliphatic carbocycles. The first kappa shape index (κ1) is 46.5. The number of hydrogen-bond acceptors (Lipinski definition) is 10. The Hall–Kier alpha value is -2.57. The molecule has 6 atom stereocenters. The lowest BCUT2D eigenvalue weighted by atomic mass is 9.99. The highest BCUT2D eigenvalue weighted by Gasteiger charge is 2.47. The lowest BCUT2D eigenvalue weighted by Crippen LogP contribution is -2.60. The van der Waals surface area contributed by atoms with Crippen molar-refractivity contribution in [3.05, 3.63) is 36.5 Å². The van der Waals surface area contributed by atoms with Gasteiger partial charge in [0.1, 0.15) is 24.9 Å². The van der Waals surface area contributed by atoms with E-state index in [2.05, 4.69) is 50.3 Å². The predicted molar refractivity (Wildman–Crippen MR) is 197 cm³/mol. The number of carbonyl (C=O) groups excluding carboxylic acids is 2. The van der Waals surface area contributed by atoms with E-state index in [9.17, 15) is 34.8 Å². The second-order valence-electron chi connectivity index (χ2n) is 13.4. The predicted octanol–water partition coefficient (Wildman–Crippen LogP) is 7.25. The van der Waals surface area contributed by atoms with Gasteiger partial charge in [-0.25, -0.2) is 4.79 Å². The van der Waals surface area contributed by atoms with Gasteiger partial charge in [-0.3, -0.25) is 9.59 Å². The van der Waals surface area contributed by atoms with Gasteiger partial charge in [-0.15, -0.1) is 0 Å². The van der Waals surface area contributed by atoms with E-state index < -0.39 is 61.3 Å². The fourth-order valence-corrected chi connectivity index (χ4v) is 5.52. The third-order valence-corrected chi connectivity index (χ3v) is 8.71. The fraction of sp³-hybridized carbons (Fsp3) is 0.775. The van der Waals surface area contributed by atoms with Crippen molar-refractivity contribution in [2.24, 2.45) is 0 Å². The number of aliphatic hydroxyl groups is 3. The SMILES string of the molecule is CCCC/C=C\C/C=C\CCCCCCCC(=O)OCC(COC1OC(C(=O)O)C(O)C(O)C1O)OC(=O)CCCCCCC/C=C\CCCC. The average Bonchev–Trinajstić information content (AvgIpc) is 3.11. The second kappa shape index (κ2) is 31.0. The normalized spacial score (nSPS) is 21.5. The van der Waals surface area contributed by atoms with Gasteiger partial charge >= 0.3 is 17.9 Å². The Morgan fingerprint density at radius 1 is 0.608 bits per heavy atom. The van der Waals surface area contributed by atoms with E-state index in [0.717, 1.165) is 83.5 Å². The maximum Gasteiger partial charge on any atom is 0.335 e. The molecule has 1 rings (SSSR count). The number of unbranched alkanes of at least 4 members (excludes halogenated alkanes) is 14. The van der Waals surface area contributed by atoms with Crippen LogP contribution in [0.25, 0.3) is 0 Å². The molecule has 0 spiro atoms. The molecule has 0 amide bonds. The third kappa shape index (κ3) is 23.6. The number of aliphatic hydroxyl groups excluding tert-OH is 3. The molecule has 0 aromatic rings. The van der Waals surface area contributed by atoms with Crippen LogP contribution in [-0.2, 0) is 33.3 Å². The zero-order chi connectivity index (χ0) is 37.5. The minimum absolute atomic E-state index is 0.168. The third-order valence-electron chi connectivity index (χ3n) is 8.71. The number of rotatable bonds is 31. The van der Waals surface area contributed by atoms with Gasteiger partial charge in [-0.05, 0) is 57.8 Å². The number of aliphatic carboxylic acids is 1. The maximum absolute atomic E-state index is 12.7. The van der Waals surface area contributed by atoms with Gasteiger partial charge in [0.25, 0.3) is 0 Å². The van der Waals surface area contributed by atoms with Gasteiger partial charge < -0.3 is 39.4 Å². The molecule has 0 saturated carbocycles. The molecule has 0 aromatic carbocycles. The van der Waals surface area contributed by atoms with Gasteiger partial charge in [0, 0.05) is 12.8 Å². The Labute approximate surface area is 306 Å². The summed E-state index contributed by atoms with van der Waals surface area (Å²) in [4.78, 5) is 36.6. The first-order chi connectivity index (χ1) is 24.7. The smallest absolute Gasteiger partial charge is 0.335 e. The molecule has 1 fully saturated rings. The van der Waals surface area contributed by atoms with E-state index in [4.69, 9.17) is 18.9 Å². The number of carbonyl (C=O) groups is 3. The number of allylic oxidation sites excluding steroid dienone is 6. The Kier molecular flexibility index (Phi) is 28.2. The monoisotopic (exact) mass is 724 g/mol. The van der Waals surface area contributed by atoms with Crippen LogP contribution < -0.4 is 0 Å². The largest absolute Gasteiger partial charge is 0.479 e. The summed E-state index contributed by atoms with van der Waals surface area (Å²) < 4.78 is 21.6. The fourth-order valence-electron chi connectivity index (χ4n) is 5.52. The van der Waals surface area contributed by atoms with Crippen molar-refractivity contribution in [2.75, 3.05) is 13.2 Å². The summed E-state index contributed by atoms with van der Waals surface area (Å²) in [5.41, 5.74) is 0. The molecular formula is C40H68O11. The Bertz CT molecular complexity index is 995. The number of hydrogen-bond donors (Lipinski definition) is 4. The Morgan fingerprint density at radius 2 is 1.10 bits per heavy atom. The van der Waals surface area contributed by atoms with Crippen LogP contribution in [0.1, 0.15) is 149 Å². The molecule has 0 aromatic heterocycles. The molecule has 11 heteroatoms. The summed E-state index contributed by atoms with van der Waals surface area (Å²) in [5, 5.41) is 39.6. The maximum atomic E-state index is 12.7. The van der Waals surface area contributed by atoms with Crippen LogP contribution >= 0.6 is 0 Å². The van der Waals surface area contributed by atoms with Gasteiger partial charge in [0.15, 0.2) is 18.5 Å². The van der Waals surface area contributed by atoms with Crippen molar-refractivity contribution >= 4 is 17.9 Å². The van der Waals surface area contributed by atoms with E-state index in [-0.39, 0.29) is 19.4 Å². The molecule has 294 valence electrons. The lowest BCUT2D eigenvalue weighted by molar-refractivity contribution is -0.298. The van der Waals surface area contributed by atoms with E-state index in [1.54, 1.807) is 0 Å². The van der Waals surface area contributed by atoms with Gasteiger partial charge in [-0.1, -0.05) is 115 Å². The van der Waals surface area contributed by atoms with Crippen LogP contribution in [0, 0.1) is 0 Å². The summed E-state index contributed by atoms with van der Waals surface area (Å²) in [5.74, 6) is -2.48. The van der Waals surface area contributed by atoms with Crippen molar-refractivity contribution in [3.8, 4) is 0 Å². The first-order valence-electron chi connectivity index (χ1n) is 19.5. The van der Waals surface area contributed by atoms with E-state index in [1.807, 2.05) is 0 Å². The summed E-state index contributed by atoms with van der Waals surface area (Å²) in [6.45, 7) is 3.68. The van der Waals surface area contributed by atoms with E-state index in [1.165, 1.54) is 25.7 Å². The van der Waals surface area contributed by atoms with Crippen molar-refractivity contribution in [1.29, 1.82) is 0 Å². The molecule has 1 saturated heterocycles. The summed E-state index contributed by atoms with van der Waals surface area (Å²) >= 11 is 0. The zero-order valence-corrected chi connectivity index (χ0v) is 31.3. The molecule has 1 aliphatic heterocycles. The Balaban J connectivity index is 2.45. The minimum atomic E-state index is -1.86. The molecular weight excluding hydrogens is 656 g/mol. The van der Waals surface area contributed by atoms with Gasteiger partial charge in [-0.2, -0.15) is 0 Å². The van der Waals surface area contributed by atoms with Crippen LogP contribution in [0.2, 0.25) is 0 Å². The van der Waals surface area contributed by atoms with Crippen LogP contribution in [0.4, 0.5) is 0 Å². The van der Waals surface area contributed by atoms with Gasteiger partial charge in [0.05, 0.1) is 6.61 Å². The molecule has 51 heavy (non-hydrogen) atoms. The highest BCUT2D eigenvalue weighted by Crippen LogP contribution is 2.23. The van der Waals surface area contributed by atoms with Crippen LogP contribution in [-0.4, -0.2) is 88.4 Å². The van der Waals surface area contributed by atoms with Gasteiger partial charge in [0.2, 0.25) is 0 Å². The Morgan fingerprint density at radius 3 is 1.65 bits per heavy atom. The highest BCUT2D eigenvalue weighted by molar-refractivity contribution is 5.73. The van der Waals surface area contributed by atoms with Crippen LogP contribution in [0.3, 0.4) is 0 Å². The molecule has 0 bridgehead atoms. The quantitative estimate of drug-likeness (QED) is 0.0323. The standard InChI is InChI=1S/C40H68O11/c1-3-5-7-9-11-13-15-16-17-19-20-22-24-26-28-33(41)48-30-32(31-49-40-37(45)35(43)36(44)38(51-40)39(46)47)50-34(42)29-27-25-23-21-18-14-12-10-8-6-4-2/h9-12,15-16,32,35-38,40,43-45H,3-8,13-14,17-31H2,1-2H3,(H,46,47)/b11-9-,12-10-,16-15-. The summed E-state index contributed by atoms with van der Waals surface area (Å²) in [6.07, 6.45) is 23.5. The van der Waals surface area contributed by atoms with Crippen LogP contribution in [0.5, 0.6) is 0 Å². The molecule has 6 unspecified atom stereocenters. The average molecular weight is 725 g/mol. The van der Waals surface area contributed by atoms with Crippen molar-refractivity contribution < 1.29 is 53.8 Å². The topological polar surface area (TPSA) is 169 Å². The molecule has 0 radical (unpaired) electrons. The summed E-state index contributed by atoms with van der Waals surface area (Å²) in [7, 11) is 0. The lowest BCUT2D eigenvalue weighted by Gasteiger charge is -2.38. The zero-order valence-electron chi connectivity index (χ0n) is 31.3. The van der Waals surface area contributed by atoms with E-state index in [0.29, 0.717) is 12.8 Å². The second-order valence-corrected chi connectivity index (χ2v) is 13.4. The van der Waals surface area contributed by atoms with E-state index >= 15 is 0 Å². The number of carboxylic acid groups (broad SMARTS) is 1. The van der Waals surface area contributed by atoms with Crippen molar-refractivity contribution in [1.82, 2.24) is 0 Å². The molecule has 1 heterocycles. The molecule has 11 nitrogen and oxygen atoms in total. The van der Waals surface area contributed by atoms with Crippen molar-refractivity contribution in [3.63, 3.8) is 0 Å². The molecule has 1 aliphatic rings. The summed E-state index contributed by atoms with van der Waals surface area (Å²) in [6, 6.07) is 0. The van der Waals surface area contributed by atoms with Crippen LogP contribution in [0.15, 0.2) is 36.5 Å².